The Morgan fingerprint density at radius 2 is 1.84 bits per heavy atom. The molecule has 0 N–H and O–H groups in total. The number of aryl methyl sites for hydroxylation is 1. The second-order valence-corrected chi connectivity index (χ2v) is 5.72. The van der Waals surface area contributed by atoms with Gasteiger partial charge in [-0.25, -0.2) is 9.48 Å². The van der Waals surface area contributed by atoms with Crippen molar-refractivity contribution in [2.45, 2.75) is 20.5 Å². The van der Waals surface area contributed by atoms with Crippen LogP contribution in [0.4, 0.5) is 0 Å². The molecule has 3 aromatic rings. The Labute approximate surface area is 146 Å². The molecular weight excluding hydrogens is 316 g/mol. The van der Waals surface area contributed by atoms with Crippen LogP contribution in [-0.4, -0.2) is 22.9 Å². The number of para-hydroxylation sites is 1. The number of methoxy groups -OCH3 is 1. The van der Waals surface area contributed by atoms with Crippen LogP contribution in [-0.2, 0) is 11.3 Å². The molecule has 2 aromatic carbocycles. The highest BCUT2D eigenvalue weighted by molar-refractivity contribution is 5.92. The zero-order valence-corrected chi connectivity index (χ0v) is 14.5. The molecule has 5 heteroatoms. The zero-order chi connectivity index (χ0) is 17.8. The predicted octanol–water partition coefficient (Wildman–Crippen LogP) is 3.85. The van der Waals surface area contributed by atoms with Crippen molar-refractivity contribution in [2.24, 2.45) is 0 Å². The molecule has 0 saturated carbocycles. The summed E-state index contributed by atoms with van der Waals surface area (Å²) in [6.07, 6.45) is 0. The van der Waals surface area contributed by atoms with E-state index in [-0.39, 0.29) is 12.6 Å². The summed E-state index contributed by atoms with van der Waals surface area (Å²) in [5.74, 6) is 0.359. The average molecular weight is 336 g/mol. The van der Waals surface area contributed by atoms with Crippen LogP contribution in [0.25, 0.3) is 5.69 Å². The molecule has 0 saturated heterocycles. The van der Waals surface area contributed by atoms with E-state index in [2.05, 4.69) is 5.10 Å². The highest BCUT2D eigenvalue weighted by atomic mass is 16.5. The number of benzene rings is 2. The van der Waals surface area contributed by atoms with Crippen molar-refractivity contribution in [1.82, 2.24) is 9.78 Å². The van der Waals surface area contributed by atoms with Gasteiger partial charge < -0.3 is 9.47 Å². The summed E-state index contributed by atoms with van der Waals surface area (Å²) < 4.78 is 12.4. The summed E-state index contributed by atoms with van der Waals surface area (Å²) in [5.41, 5.74) is 3.71. The number of ether oxygens (including phenoxy) is 2. The number of nitrogens with zero attached hydrogens (tertiary/aromatic N) is 2. The lowest BCUT2D eigenvalue weighted by Crippen LogP contribution is -2.08. The molecular formula is C20H20N2O3. The molecule has 1 heterocycles. The minimum atomic E-state index is -0.375. The Bertz CT molecular complexity index is 885. The first-order valence-corrected chi connectivity index (χ1v) is 8.02. The van der Waals surface area contributed by atoms with E-state index in [1.165, 1.54) is 0 Å². The first kappa shape index (κ1) is 16.8. The summed E-state index contributed by atoms with van der Waals surface area (Å²) in [4.78, 5) is 12.6. The van der Waals surface area contributed by atoms with E-state index >= 15 is 0 Å². The van der Waals surface area contributed by atoms with Gasteiger partial charge in [0.25, 0.3) is 0 Å². The van der Waals surface area contributed by atoms with Crippen molar-refractivity contribution in [3.05, 3.63) is 77.1 Å². The van der Waals surface area contributed by atoms with Crippen LogP contribution in [0, 0.1) is 13.8 Å². The van der Waals surface area contributed by atoms with Gasteiger partial charge in [-0.15, -0.1) is 0 Å². The van der Waals surface area contributed by atoms with Crippen LogP contribution >= 0.6 is 0 Å². The van der Waals surface area contributed by atoms with Gasteiger partial charge in [0.1, 0.15) is 17.9 Å². The first-order chi connectivity index (χ1) is 12.1. The minimum Gasteiger partial charge on any atom is -0.497 e. The van der Waals surface area contributed by atoms with Gasteiger partial charge in [-0.05, 0) is 43.7 Å². The zero-order valence-electron chi connectivity index (χ0n) is 14.5. The maximum Gasteiger partial charge on any atom is 0.342 e. The van der Waals surface area contributed by atoms with Crippen molar-refractivity contribution < 1.29 is 14.3 Å². The molecule has 0 fully saturated rings. The number of carbonyl (C=O) groups excluding carboxylic acids is 1. The lowest BCUT2D eigenvalue weighted by Gasteiger charge is -2.07. The van der Waals surface area contributed by atoms with E-state index < -0.39 is 0 Å². The maximum atomic E-state index is 12.6. The fourth-order valence-corrected chi connectivity index (χ4v) is 2.74. The largest absolute Gasteiger partial charge is 0.497 e. The van der Waals surface area contributed by atoms with Crippen molar-refractivity contribution in [3.8, 4) is 11.4 Å². The number of hydrogen-bond acceptors (Lipinski definition) is 4. The van der Waals surface area contributed by atoms with Crippen LogP contribution in [0.15, 0.2) is 54.6 Å². The van der Waals surface area contributed by atoms with Crippen LogP contribution < -0.4 is 4.74 Å². The molecule has 0 amide bonds. The molecule has 0 radical (unpaired) electrons. The second-order valence-electron chi connectivity index (χ2n) is 5.72. The molecule has 25 heavy (non-hydrogen) atoms. The lowest BCUT2D eigenvalue weighted by atomic mass is 10.2. The SMILES string of the molecule is COc1cccc(COC(=O)c2c(C)nn(-c3ccccc3)c2C)c1. The Kier molecular flexibility index (Phi) is 4.84. The smallest absolute Gasteiger partial charge is 0.342 e. The van der Waals surface area contributed by atoms with Crippen molar-refractivity contribution >= 4 is 5.97 Å². The van der Waals surface area contributed by atoms with E-state index in [0.29, 0.717) is 11.3 Å². The van der Waals surface area contributed by atoms with E-state index in [0.717, 1.165) is 22.7 Å². The first-order valence-electron chi connectivity index (χ1n) is 8.02. The number of hydrogen-bond donors (Lipinski definition) is 0. The summed E-state index contributed by atoms with van der Waals surface area (Å²) >= 11 is 0. The third-order valence-corrected chi connectivity index (χ3v) is 4.00. The molecule has 0 atom stereocenters. The minimum absolute atomic E-state index is 0.186. The van der Waals surface area contributed by atoms with Gasteiger partial charge in [0.05, 0.1) is 24.2 Å². The molecule has 0 aliphatic carbocycles. The van der Waals surface area contributed by atoms with Crippen molar-refractivity contribution in [1.29, 1.82) is 0 Å². The quantitative estimate of drug-likeness (QED) is 0.664. The number of esters is 1. The average Bonchev–Trinajstić information content (AvgIpc) is 2.95. The van der Waals surface area contributed by atoms with Crippen molar-refractivity contribution in [3.63, 3.8) is 0 Å². The predicted molar refractivity (Wildman–Crippen MR) is 95.2 cm³/mol. The Balaban J connectivity index is 1.79. The number of aromatic nitrogens is 2. The molecule has 1 aromatic heterocycles. The van der Waals surface area contributed by atoms with Gasteiger partial charge in [-0.1, -0.05) is 30.3 Å². The van der Waals surface area contributed by atoms with Gasteiger partial charge in [0.15, 0.2) is 0 Å². The Hall–Kier alpha value is -3.08. The van der Waals surface area contributed by atoms with E-state index in [4.69, 9.17) is 9.47 Å². The van der Waals surface area contributed by atoms with Gasteiger partial charge >= 0.3 is 5.97 Å². The topological polar surface area (TPSA) is 53.4 Å². The molecule has 3 rings (SSSR count). The highest BCUT2D eigenvalue weighted by Crippen LogP contribution is 2.20. The van der Waals surface area contributed by atoms with Crippen molar-refractivity contribution in [2.75, 3.05) is 7.11 Å². The maximum absolute atomic E-state index is 12.6. The molecule has 0 aliphatic heterocycles. The molecule has 0 bridgehead atoms. The lowest BCUT2D eigenvalue weighted by molar-refractivity contribution is 0.0470. The number of carbonyl (C=O) groups is 1. The summed E-state index contributed by atoms with van der Waals surface area (Å²) in [5, 5.41) is 4.48. The van der Waals surface area contributed by atoms with E-state index in [9.17, 15) is 4.79 Å². The summed E-state index contributed by atoms with van der Waals surface area (Å²) in [7, 11) is 1.61. The van der Waals surface area contributed by atoms with Gasteiger partial charge in [-0.3, -0.25) is 0 Å². The molecule has 5 nitrogen and oxygen atoms in total. The van der Waals surface area contributed by atoms with E-state index in [1.807, 2.05) is 68.4 Å². The normalized spacial score (nSPS) is 10.5. The molecule has 0 spiro atoms. The molecule has 0 unspecified atom stereocenters. The van der Waals surface area contributed by atoms with Gasteiger partial charge in [0.2, 0.25) is 0 Å². The highest BCUT2D eigenvalue weighted by Gasteiger charge is 2.20. The molecule has 0 aliphatic rings. The third kappa shape index (κ3) is 3.55. The standard InChI is InChI=1S/C20H20N2O3/c1-14-19(15(2)22(21-14)17-9-5-4-6-10-17)20(23)25-13-16-8-7-11-18(12-16)24-3/h4-12H,13H2,1-3H3. The third-order valence-electron chi connectivity index (χ3n) is 4.00. The van der Waals surface area contributed by atoms with Gasteiger partial charge in [-0.2, -0.15) is 5.10 Å². The van der Waals surface area contributed by atoms with Crippen LogP contribution in [0.2, 0.25) is 0 Å². The van der Waals surface area contributed by atoms with Crippen LogP contribution in [0.3, 0.4) is 0 Å². The Morgan fingerprint density at radius 3 is 2.56 bits per heavy atom. The monoisotopic (exact) mass is 336 g/mol. The Morgan fingerprint density at radius 1 is 1.08 bits per heavy atom. The molecule has 128 valence electrons. The summed E-state index contributed by atoms with van der Waals surface area (Å²) in [6.45, 7) is 3.87. The van der Waals surface area contributed by atoms with Gasteiger partial charge in [0, 0.05) is 0 Å². The summed E-state index contributed by atoms with van der Waals surface area (Å²) in [6, 6.07) is 17.2. The van der Waals surface area contributed by atoms with E-state index in [1.54, 1.807) is 11.8 Å². The fraction of sp³-hybridized carbons (Fsp3) is 0.200. The number of rotatable bonds is 5. The van der Waals surface area contributed by atoms with Crippen LogP contribution in [0.5, 0.6) is 5.75 Å². The fourth-order valence-electron chi connectivity index (χ4n) is 2.74. The van der Waals surface area contributed by atoms with Crippen LogP contribution in [0.1, 0.15) is 27.3 Å². The second kappa shape index (κ2) is 7.21.